The summed E-state index contributed by atoms with van der Waals surface area (Å²) in [6.45, 7) is 14.2. The van der Waals surface area contributed by atoms with Crippen molar-refractivity contribution in [3.8, 4) is 0 Å². The number of carboxylic acid groups (broad SMARTS) is 1. The van der Waals surface area contributed by atoms with Gasteiger partial charge in [-0.1, -0.05) is 59.8 Å². The number of nitrogens with zero attached hydrogens (tertiary/aromatic N) is 1. The van der Waals surface area contributed by atoms with E-state index in [9.17, 15) is 14.7 Å². The molecule has 0 saturated heterocycles. The Labute approximate surface area is 225 Å². The standard InChI is InChI=1S/C28H56N2O7/c1-5-9-12-14-25(8-4)36-23-21-34-19-20-35-22-24-37-28(33)26(27(31)32)29-15-13-18-30(16-10-6-2)17-11-7-3/h25-26,29H,5-24H2,1-4H3,(H,31,32). The summed E-state index contributed by atoms with van der Waals surface area (Å²) in [7, 11) is 0. The number of unbranched alkanes of at least 4 members (excludes halogenated alkanes) is 4. The maximum absolute atomic E-state index is 12.2. The predicted octanol–water partition coefficient (Wildman–Crippen LogP) is 4.27. The number of aliphatic carboxylic acids is 1. The maximum atomic E-state index is 12.2. The van der Waals surface area contributed by atoms with Crippen LogP contribution in [-0.4, -0.2) is 99.9 Å². The Kier molecular flexibility index (Phi) is 25.5. The highest BCUT2D eigenvalue weighted by Gasteiger charge is 2.27. The van der Waals surface area contributed by atoms with Crippen LogP contribution >= 0.6 is 0 Å². The number of carbonyl (C=O) groups is 2. The highest BCUT2D eigenvalue weighted by Crippen LogP contribution is 2.09. The van der Waals surface area contributed by atoms with Crippen molar-refractivity contribution in [1.82, 2.24) is 10.2 Å². The molecular weight excluding hydrogens is 476 g/mol. The Bertz CT molecular complexity index is 529. The molecule has 0 radical (unpaired) electrons. The number of carboxylic acids is 1. The van der Waals surface area contributed by atoms with Crippen molar-refractivity contribution in [2.75, 3.05) is 65.8 Å². The van der Waals surface area contributed by atoms with E-state index in [0.717, 1.165) is 64.6 Å². The van der Waals surface area contributed by atoms with E-state index in [1.54, 1.807) is 0 Å². The van der Waals surface area contributed by atoms with Gasteiger partial charge in [0.15, 0.2) is 0 Å². The lowest BCUT2D eigenvalue weighted by Gasteiger charge is -2.22. The Morgan fingerprint density at radius 1 is 0.757 bits per heavy atom. The molecule has 9 nitrogen and oxygen atoms in total. The molecule has 0 fully saturated rings. The molecule has 0 heterocycles. The van der Waals surface area contributed by atoms with Gasteiger partial charge in [-0.2, -0.15) is 0 Å². The van der Waals surface area contributed by atoms with Crippen molar-refractivity contribution in [2.24, 2.45) is 0 Å². The highest BCUT2D eigenvalue weighted by molar-refractivity contribution is 5.98. The quantitative estimate of drug-likeness (QED) is 0.0868. The summed E-state index contributed by atoms with van der Waals surface area (Å²) in [5.74, 6) is -2.02. The maximum Gasteiger partial charge on any atom is 0.334 e. The lowest BCUT2D eigenvalue weighted by atomic mass is 10.1. The van der Waals surface area contributed by atoms with Gasteiger partial charge < -0.3 is 29.0 Å². The molecule has 220 valence electrons. The topological polar surface area (TPSA) is 107 Å². The van der Waals surface area contributed by atoms with Crippen LogP contribution in [0.25, 0.3) is 0 Å². The average Bonchev–Trinajstić information content (AvgIpc) is 2.89. The summed E-state index contributed by atoms with van der Waals surface area (Å²) in [4.78, 5) is 26.1. The molecule has 9 heteroatoms. The second-order valence-corrected chi connectivity index (χ2v) is 9.42. The predicted molar refractivity (Wildman–Crippen MR) is 147 cm³/mol. The molecule has 0 aromatic rings. The van der Waals surface area contributed by atoms with Crippen LogP contribution in [0.15, 0.2) is 0 Å². The lowest BCUT2D eigenvalue weighted by molar-refractivity contribution is -0.156. The zero-order valence-corrected chi connectivity index (χ0v) is 24.1. The van der Waals surface area contributed by atoms with Gasteiger partial charge in [0.05, 0.1) is 39.1 Å². The molecule has 2 N–H and O–H groups in total. The molecule has 0 aromatic carbocycles. The summed E-state index contributed by atoms with van der Waals surface area (Å²) in [6, 6.07) is -1.36. The SMILES string of the molecule is CCCCCC(CC)OCCOCCOCCOC(=O)C(NCCCN(CCCC)CCCC)C(=O)O. The highest BCUT2D eigenvalue weighted by atomic mass is 16.6. The third-order valence-corrected chi connectivity index (χ3v) is 6.15. The molecule has 0 spiro atoms. The van der Waals surface area contributed by atoms with E-state index in [1.165, 1.54) is 19.3 Å². The summed E-state index contributed by atoms with van der Waals surface area (Å²) in [5.41, 5.74) is 0. The van der Waals surface area contributed by atoms with Gasteiger partial charge in [-0.15, -0.1) is 0 Å². The molecule has 0 aliphatic heterocycles. The van der Waals surface area contributed by atoms with Crippen LogP contribution < -0.4 is 5.32 Å². The number of ether oxygens (including phenoxy) is 4. The van der Waals surface area contributed by atoms with Crippen LogP contribution in [0, 0.1) is 0 Å². The fourth-order valence-electron chi connectivity index (χ4n) is 3.83. The van der Waals surface area contributed by atoms with E-state index in [-0.39, 0.29) is 13.2 Å². The second kappa shape index (κ2) is 26.4. The molecule has 0 saturated carbocycles. The number of esters is 1. The molecule has 0 aromatic heterocycles. The third-order valence-electron chi connectivity index (χ3n) is 6.15. The molecule has 2 unspecified atom stereocenters. The first kappa shape index (κ1) is 35.7. The molecule has 0 aliphatic rings. The summed E-state index contributed by atoms with van der Waals surface area (Å²) in [6.07, 6.45) is 11.5. The first-order valence-electron chi connectivity index (χ1n) is 14.6. The molecular formula is C28H56N2O7. The molecule has 2 atom stereocenters. The van der Waals surface area contributed by atoms with Crippen molar-refractivity contribution in [3.63, 3.8) is 0 Å². The van der Waals surface area contributed by atoms with Crippen molar-refractivity contribution in [3.05, 3.63) is 0 Å². The van der Waals surface area contributed by atoms with Gasteiger partial charge >= 0.3 is 11.9 Å². The Morgan fingerprint density at radius 3 is 1.89 bits per heavy atom. The smallest absolute Gasteiger partial charge is 0.334 e. The van der Waals surface area contributed by atoms with Gasteiger partial charge in [-0.25, -0.2) is 9.59 Å². The minimum Gasteiger partial charge on any atom is -0.480 e. The monoisotopic (exact) mass is 532 g/mol. The van der Waals surface area contributed by atoms with Crippen LogP contribution in [0.5, 0.6) is 0 Å². The number of hydrogen-bond acceptors (Lipinski definition) is 8. The summed E-state index contributed by atoms with van der Waals surface area (Å²) in [5, 5.41) is 12.2. The van der Waals surface area contributed by atoms with E-state index in [1.807, 2.05) is 0 Å². The van der Waals surface area contributed by atoms with Gasteiger partial charge in [-0.05, 0) is 58.3 Å². The fraction of sp³-hybridized carbons (Fsp3) is 0.929. The van der Waals surface area contributed by atoms with Gasteiger partial charge in [0, 0.05) is 0 Å². The van der Waals surface area contributed by atoms with E-state index < -0.39 is 18.0 Å². The zero-order chi connectivity index (χ0) is 27.6. The Morgan fingerprint density at radius 2 is 1.32 bits per heavy atom. The Hall–Kier alpha value is -1.26. The normalized spacial score (nSPS) is 13.1. The molecule has 0 aliphatic carbocycles. The first-order chi connectivity index (χ1) is 18.0. The van der Waals surface area contributed by atoms with E-state index in [4.69, 9.17) is 18.9 Å². The van der Waals surface area contributed by atoms with Crippen LogP contribution in [0.2, 0.25) is 0 Å². The van der Waals surface area contributed by atoms with Crippen molar-refractivity contribution in [2.45, 2.75) is 104 Å². The molecule has 0 bridgehead atoms. The average molecular weight is 533 g/mol. The van der Waals surface area contributed by atoms with Crippen LogP contribution in [0.4, 0.5) is 0 Å². The minimum atomic E-state index is -1.36. The largest absolute Gasteiger partial charge is 0.480 e. The second-order valence-electron chi connectivity index (χ2n) is 9.42. The number of carbonyl (C=O) groups excluding carboxylic acids is 1. The lowest BCUT2D eigenvalue weighted by Crippen LogP contribution is -2.45. The van der Waals surface area contributed by atoms with E-state index in [2.05, 4.69) is 37.9 Å². The van der Waals surface area contributed by atoms with Crippen molar-refractivity contribution < 1.29 is 33.6 Å². The van der Waals surface area contributed by atoms with Crippen molar-refractivity contribution >= 4 is 11.9 Å². The molecule has 0 rings (SSSR count). The fourth-order valence-corrected chi connectivity index (χ4v) is 3.83. The number of nitrogens with one attached hydrogen (secondary N) is 1. The van der Waals surface area contributed by atoms with Gasteiger partial charge in [-0.3, -0.25) is 5.32 Å². The van der Waals surface area contributed by atoms with Gasteiger partial charge in [0.1, 0.15) is 6.61 Å². The van der Waals surface area contributed by atoms with E-state index in [0.29, 0.717) is 39.1 Å². The number of rotatable bonds is 28. The summed E-state index contributed by atoms with van der Waals surface area (Å²) < 4.78 is 21.9. The third kappa shape index (κ3) is 21.4. The summed E-state index contributed by atoms with van der Waals surface area (Å²) >= 11 is 0. The van der Waals surface area contributed by atoms with Crippen molar-refractivity contribution in [1.29, 1.82) is 0 Å². The first-order valence-corrected chi connectivity index (χ1v) is 14.6. The van der Waals surface area contributed by atoms with Gasteiger partial charge in [0.25, 0.3) is 0 Å². The van der Waals surface area contributed by atoms with Crippen LogP contribution in [-0.2, 0) is 28.5 Å². The van der Waals surface area contributed by atoms with Gasteiger partial charge in [0.2, 0.25) is 6.04 Å². The minimum absolute atomic E-state index is 0.00512. The van der Waals surface area contributed by atoms with E-state index >= 15 is 0 Å². The van der Waals surface area contributed by atoms with Crippen LogP contribution in [0.3, 0.4) is 0 Å². The Balaban J connectivity index is 3.91. The molecule has 0 amide bonds. The van der Waals surface area contributed by atoms with Crippen LogP contribution in [0.1, 0.15) is 91.9 Å². The zero-order valence-electron chi connectivity index (χ0n) is 24.1. The molecule has 37 heavy (non-hydrogen) atoms. The number of hydrogen-bond donors (Lipinski definition) is 2.